The van der Waals surface area contributed by atoms with E-state index < -0.39 is 0 Å². The average Bonchev–Trinajstić information content (AvgIpc) is 2.60. The summed E-state index contributed by atoms with van der Waals surface area (Å²) in [6, 6.07) is 0. The van der Waals surface area contributed by atoms with Crippen LogP contribution in [-0.2, 0) is 13.6 Å². The van der Waals surface area contributed by atoms with Crippen LogP contribution in [0.4, 0.5) is 0 Å². The van der Waals surface area contributed by atoms with Crippen molar-refractivity contribution in [2.75, 3.05) is 5.75 Å². The van der Waals surface area contributed by atoms with E-state index in [2.05, 4.69) is 17.1 Å². The SMILES string of the molecule is CCCCCCSc1nnc(CN)n1C. The van der Waals surface area contributed by atoms with Gasteiger partial charge in [0.2, 0.25) is 0 Å². The molecule has 0 aliphatic rings. The topological polar surface area (TPSA) is 56.7 Å². The molecule has 0 radical (unpaired) electrons. The summed E-state index contributed by atoms with van der Waals surface area (Å²) in [5.74, 6) is 1.97. The fourth-order valence-corrected chi connectivity index (χ4v) is 2.27. The van der Waals surface area contributed by atoms with E-state index >= 15 is 0 Å². The summed E-state index contributed by atoms with van der Waals surface area (Å²) in [7, 11) is 1.97. The Bertz CT molecular complexity index is 285. The highest BCUT2D eigenvalue weighted by Crippen LogP contribution is 2.17. The molecular formula is C10H20N4S. The monoisotopic (exact) mass is 228 g/mol. The number of nitrogens with two attached hydrogens (primary N) is 1. The van der Waals surface area contributed by atoms with Gasteiger partial charge >= 0.3 is 0 Å². The van der Waals surface area contributed by atoms with Gasteiger partial charge < -0.3 is 10.3 Å². The van der Waals surface area contributed by atoms with Gasteiger partial charge in [-0.1, -0.05) is 37.9 Å². The highest BCUT2D eigenvalue weighted by Gasteiger charge is 2.06. The van der Waals surface area contributed by atoms with Crippen LogP contribution < -0.4 is 5.73 Å². The van der Waals surface area contributed by atoms with Gasteiger partial charge in [-0.15, -0.1) is 10.2 Å². The molecule has 86 valence electrons. The van der Waals surface area contributed by atoms with Crippen LogP contribution in [0.3, 0.4) is 0 Å². The molecule has 0 aliphatic heterocycles. The second kappa shape index (κ2) is 6.85. The third-order valence-corrected chi connectivity index (χ3v) is 3.44. The first-order chi connectivity index (χ1) is 7.29. The molecule has 15 heavy (non-hydrogen) atoms. The summed E-state index contributed by atoms with van der Waals surface area (Å²) in [6.45, 7) is 2.68. The molecule has 1 aromatic heterocycles. The second-order valence-electron chi connectivity index (χ2n) is 3.57. The standard InChI is InChI=1S/C10H20N4S/c1-3-4-5-6-7-15-10-13-12-9(8-11)14(10)2/h3-8,11H2,1-2H3. The number of nitrogens with zero attached hydrogens (tertiary/aromatic N) is 3. The molecule has 1 heterocycles. The lowest BCUT2D eigenvalue weighted by atomic mass is 10.2. The van der Waals surface area contributed by atoms with Crippen LogP contribution in [0.5, 0.6) is 0 Å². The Morgan fingerprint density at radius 1 is 1.27 bits per heavy atom. The Labute approximate surface area is 95.6 Å². The van der Waals surface area contributed by atoms with E-state index in [1.165, 1.54) is 25.7 Å². The van der Waals surface area contributed by atoms with Crippen molar-refractivity contribution < 1.29 is 0 Å². The van der Waals surface area contributed by atoms with E-state index in [-0.39, 0.29) is 0 Å². The molecule has 1 rings (SSSR count). The normalized spacial score (nSPS) is 10.9. The third kappa shape index (κ3) is 3.83. The molecule has 0 amide bonds. The van der Waals surface area contributed by atoms with Crippen LogP contribution in [0.2, 0.25) is 0 Å². The van der Waals surface area contributed by atoms with Crippen molar-refractivity contribution in [1.29, 1.82) is 0 Å². The molecule has 0 saturated carbocycles. The summed E-state index contributed by atoms with van der Waals surface area (Å²) in [5.41, 5.74) is 5.53. The van der Waals surface area contributed by atoms with Crippen LogP contribution in [0.1, 0.15) is 38.4 Å². The maximum Gasteiger partial charge on any atom is 0.190 e. The predicted molar refractivity (Wildman–Crippen MR) is 63.8 cm³/mol. The summed E-state index contributed by atoms with van der Waals surface area (Å²) >= 11 is 1.77. The lowest BCUT2D eigenvalue weighted by Gasteiger charge is -2.01. The van der Waals surface area contributed by atoms with Crippen molar-refractivity contribution in [3.8, 4) is 0 Å². The first kappa shape index (κ1) is 12.5. The van der Waals surface area contributed by atoms with Crippen molar-refractivity contribution in [2.24, 2.45) is 12.8 Å². The van der Waals surface area contributed by atoms with Gasteiger partial charge in [0.25, 0.3) is 0 Å². The third-order valence-electron chi connectivity index (χ3n) is 2.34. The zero-order valence-corrected chi connectivity index (χ0v) is 10.4. The Hall–Kier alpha value is -0.550. The highest BCUT2D eigenvalue weighted by atomic mass is 32.2. The molecule has 0 fully saturated rings. The average molecular weight is 228 g/mol. The second-order valence-corrected chi connectivity index (χ2v) is 4.63. The Balaban J connectivity index is 2.28. The minimum absolute atomic E-state index is 0.458. The van der Waals surface area contributed by atoms with E-state index in [4.69, 9.17) is 5.73 Å². The molecule has 5 heteroatoms. The Morgan fingerprint density at radius 3 is 2.67 bits per heavy atom. The van der Waals surface area contributed by atoms with Gasteiger partial charge in [-0.3, -0.25) is 0 Å². The summed E-state index contributed by atoms with van der Waals surface area (Å²) in [4.78, 5) is 0. The molecule has 0 saturated heterocycles. The van der Waals surface area contributed by atoms with E-state index in [0.29, 0.717) is 6.54 Å². The van der Waals surface area contributed by atoms with E-state index in [0.717, 1.165) is 16.7 Å². The zero-order chi connectivity index (χ0) is 11.1. The van der Waals surface area contributed by atoms with Crippen LogP contribution >= 0.6 is 11.8 Å². The number of aromatic nitrogens is 3. The maximum absolute atomic E-state index is 5.53. The maximum atomic E-state index is 5.53. The Kier molecular flexibility index (Phi) is 5.71. The van der Waals surface area contributed by atoms with Crippen LogP contribution in [0.25, 0.3) is 0 Å². The summed E-state index contributed by atoms with van der Waals surface area (Å²) < 4.78 is 1.98. The fraction of sp³-hybridized carbons (Fsp3) is 0.800. The van der Waals surface area contributed by atoms with Gasteiger partial charge in [-0.2, -0.15) is 0 Å². The minimum atomic E-state index is 0.458. The molecule has 4 nitrogen and oxygen atoms in total. The predicted octanol–water partition coefficient (Wildman–Crippen LogP) is 1.95. The minimum Gasteiger partial charge on any atom is -0.324 e. The molecule has 0 atom stereocenters. The van der Waals surface area contributed by atoms with Crippen molar-refractivity contribution in [3.63, 3.8) is 0 Å². The lowest BCUT2D eigenvalue weighted by Crippen LogP contribution is -2.05. The molecular weight excluding hydrogens is 208 g/mol. The van der Waals surface area contributed by atoms with Gasteiger partial charge in [0.05, 0.1) is 6.54 Å². The molecule has 0 aliphatic carbocycles. The van der Waals surface area contributed by atoms with Crippen LogP contribution in [0.15, 0.2) is 5.16 Å². The first-order valence-electron chi connectivity index (χ1n) is 5.50. The molecule has 1 aromatic rings. The number of unbranched alkanes of at least 4 members (excludes halogenated alkanes) is 3. The van der Waals surface area contributed by atoms with Gasteiger partial charge in [-0.25, -0.2) is 0 Å². The molecule has 0 aromatic carbocycles. The number of hydrogen-bond donors (Lipinski definition) is 1. The molecule has 2 N–H and O–H groups in total. The van der Waals surface area contributed by atoms with Crippen molar-refractivity contribution >= 4 is 11.8 Å². The largest absolute Gasteiger partial charge is 0.324 e. The van der Waals surface area contributed by atoms with Gasteiger partial charge in [0, 0.05) is 12.8 Å². The summed E-state index contributed by atoms with van der Waals surface area (Å²) in [6.07, 6.45) is 5.17. The fourth-order valence-electron chi connectivity index (χ4n) is 1.34. The quantitative estimate of drug-likeness (QED) is 0.572. The lowest BCUT2D eigenvalue weighted by molar-refractivity contribution is 0.702. The van der Waals surface area contributed by atoms with E-state index in [1.54, 1.807) is 11.8 Å². The first-order valence-corrected chi connectivity index (χ1v) is 6.49. The molecule has 0 bridgehead atoms. The highest BCUT2D eigenvalue weighted by molar-refractivity contribution is 7.99. The number of thioether (sulfide) groups is 1. The molecule has 0 spiro atoms. The van der Waals surface area contributed by atoms with Crippen molar-refractivity contribution in [2.45, 2.75) is 44.3 Å². The van der Waals surface area contributed by atoms with Gasteiger partial charge in [-0.05, 0) is 6.42 Å². The summed E-state index contributed by atoms with van der Waals surface area (Å²) in [5, 5.41) is 9.10. The number of rotatable bonds is 7. The van der Waals surface area contributed by atoms with E-state index in [1.807, 2.05) is 11.6 Å². The number of hydrogen-bond acceptors (Lipinski definition) is 4. The molecule has 0 unspecified atom stereocenters. The van der Waals surface area contributed by atoms with Gasteiger partial charge in [0.15, 0.2) is 5.16 Å². The Morgan fingerprint density at radius 2 is 2.07 bits per heavy atom. The zero-order valence-electron chi connectivity index (χ0n) is 9.57. The van der Waals surface area contributed by atoms with Gasteiger partial charge in [0.1, 0.15) is 5.82 Å². The van der Waals surface area contributed by atoms with Crippen LogP contribution in [-0.4, -0.2) is 20.5 Å². The van der Waals surface area contributed by atoms with Crippen molar-refractivity contribution in [1.82, 2.24) is 14.8 Å². The van der Waals surface area contributed by atoms with Crippen molar-refractivity contribution in [3.05, 3.63) is 5.82 Å². The smallest absolute Gasteiger partial charge is 0.190 e. The van der Waals surface area contributed by atoms with E-state index in [9.17, 15) is 0 Å². The van der Waals surface area contributed by atoms with Crippen LogP contribution in [0, 0.1) is 0 Å².